The molecule has 0 bridgehead atoms. The van der Waals surface area contributed by atoms with E-state index in [1.165, 1.54) is 6.92 Å². The highest BCUT2D eigenvalue weighted by atomic mass is 16.5. The summed E-state index contributed by atoms with van der Waals surface area (Å²) < 4.78 is 5.30. The number of carbonyl (C=O) groups is 2. The third kappa shape index (κ3) is 3.68. The predicted octanol–water partition coefficient (Wildman–Crippen LogP) is 0.668. The van der Waals surface area contributed by atoms with Gasteiger partial charge in [-0.15, -0.1) is 0 Å². The average Bonchev–Trinajstić information content (AvgIpc) is 2.95. The van der Waals surface area contributed by atoms with Gasteiger partial charge in [0.15, 0.2) is 5.78 Å². The van der Waals surface area contributed by atoms with Crippen molar-refractivity contribution >= 4 is 11.7 Å². The van der Waals surface area contributed by atoms with E-state index < -0.39 is 0 Å². The van der Waals surface area contributed by atoms with E-state index in [2.05, 4.69) is 22.1 Å². The van der Waals surface area contributed by atoms with Gasteiger partial charge >= 0.3 is 0 Å². The summed E-state index contributed by atoms with van der Waals surface area (Å²) in [6.07, 6.45) is 1.56. The minimum absolute atomic E-state index is 0.0537. The van der Waals surface area contributed by atoms with E-state index in [-0.39, 0.29) is 17.7 Å². The van der Waals surface area contributed by atoms with Gasteiger partial charge in [-0.1, -0.05) is 0 Å². The maximum Gasteiger partial charge on any atom is 0.267 e. The lowest BCUT2D eigenvalue weighted by Gasteiger charge is -2.32. The zero-order valence-corrected chi connectivity index (χ0v) is 11.9. The van der Waals surface area contributed by atoms with Gasteiger partial charge in [-0.3, -0.25) is 14.5 Å². The summed E-state index contributed by atoms with van der Waals surface area (Å²) >= 11 is 0. The van der Waals surface area contributed by atoms with Gasteiger partial charge in [0, 0.05) is 37.4 Å². The highest BCUT2D eigenvalue weighted by Crippen LogP contribution is 2.05. The molecule has 0 unspecified atom stereocenters. The Morgan fingerprint density at radius 2 is 2.15 bits per heavy atom. The second kappa shape index (κ2) is 6.67. The zero-order valence-electron chi connectivity index (χ0n) is 11.9. The number of morpholine rings is 1. The zero-order chi connectivity index (χ0) is 14.5. The van der Waals surface area contributed by atoms with Crippen molar-refractivity contribution in [2.45, 2.75) is 19.9 Å². The van der Waals surface area contributed by atoms with E-state index in [0.717, 1.165) is 26.3 Å². The Balaban J connectivity index is 1.83. The molecule has 0 saturated carbocycles. The number of aromatic amines is 1. The molecule has 0 spiro atoms. The van der Waals surface area contributed by atoms with Gasteiger partial charge in [-0.2, -0.15) is 0 Å². The number of H-pyrrole nitrogens is 1. The number of Topliss-reactive ketones (excluding diaryl/α,β-unsaturated/α-hetero) is 1. The summed E-state index contributed by atoms with van der Waals surface area (Å²) in [5.41, 5.74) is 0.945. The lowest BCUT2D eigenvalue weighted by molar-refractivity contribution is 0.0204. The van der Waals surface area contributed by atoms with Crippen LogP contribution in [0.25, 0.3) is 0 Å². The maximum atomic E-state index is 12.0. The molecule has 0 aliphatic carbocycles. The summed E-state index contributed by atoms with van der Waals surface area (Å²) in [6, 6.07) is 1.85. The number of carbonyl (C=O) groups excluding carboxylic acids is 2. The van der Waals surface area contributed by atoms with Crippen LogP contribution in [0.1, 0.15) is 34.7 Å². The fourth-order valence-corrected chi connectivity index (χ4v) is 2.21. The molecule has 1 saturated heterocycles. The van der Waals surface area contributed by atoms with Gasteiger partial charge < -0.3 is 15.0 Å². The Morgan fingerprint density at radius 1 is 1.45 bits per heavy atom. The third-order valence-electron chi connectivity index (χ3n) is 3.56. The van der Waals surface area contributed by atoms with E-state index >= 15 is 0 Å². The molecule has 6 nitrogen and oxygen atoms in total. The van der Waals surface area contributed by atoms with Crippen molar-refractivity contribution < 1.29 is 14.3 Å². The second-order valence-electron chi connectivity index (χ2n) is 5.07. The SMILES string of the molecule is CC(=O)c1c[nH]c(C(=O)NC[C@@H](C)N2CCOCC2)c1. The summed E-state index contributed by atoms with van der Waals surface area (Å²) in [7, 11) is 0. The molecule has 0 radical (unpaired) electrons. The first kappa shape index (κ1) is 14.7. The topological polar surface area (TPSA) is 74.4 Å². The van der Waals surface area contributed by atoms with Gasteiger partial charge in [0.25, 0.3) is 5.91 Å². The van der Waals surface area contributed by atoms with Gasteiger partial charge in [0.2, 0.25) is 0 Å². The molecule has 6 heteroatoms. The summed E-state index contributed by atoms with van der Waals surface area (Å²) in [5, 5.41) is 2.88. The van der Waals surface area contributed by atoms with Crippen LogP contribution >= 0.6 is 0 Å². The molecule has 2 heterocycles. The minimum atomic E-state index is -0.183. The Kier molecular flexibility index (Phi) is 4.92. The number of aromatic nitrogens is 1. The molecular weight excluding hydrogens is 258 g/mol. The van der Waals surface area contributed by atoms with E-state index in [1.807, 2.05) is 0 Å². The number of rotatable bonds is 5. The molecule has 2 N–H and O–H groups in total. The minimum Gasteiger partial charge on any atom is -0.379 e. The Hall–Kier alpha value is -1.66. The number of amides is 1. The van der Waals surface area contributed by atoms with Gasteiger partial charge in [-0.25, -0.2) is 0 Å². The van der Waals surface area contributed by atoms with Crippen molar-refractivity contribution in [3.8, 4) is 0 Å². The first-order chi connectivity index (χ1) is 9.58. The monoisotopic (exact) mass is 279 g/mol. The first-order valence-electron chi connectivity index (χ1n) is 6.87. The van der Waals surface area contributed by atoms with Crippen LogP contribution in [0.2, 0.25) is 0 Å². The molecule has 110 valence electrons. The highest BCUT2D eigenvalue weighted by Gasteiger charge is 2.18. The van der Waals surface area contributed by atoms with E-state index in [9.17, 15) is 9.59 Å². The average molecular weight is 279 g/mol. The van der Waals surface area contributed by atoms with Crippen LogP contribution in [0.5, 0.6) is 0 Å². The van der Waals surface area contributed by atoms with Crippen molar-refractivity contribution in [1.29, 1.82) is 0 Å². The Labute approximate surface area is 118 Å². The third-order valence-corrected chi connectivity index (χ3v) is 3.56. The number of hydrogen-bond acceptors (Lipinski definition) is 4. The molecule has 1 aromatic heterocycles. The number of nitrogens with one attached hydrogen (secondary N) is 2. The van der Waals surface area contributed by atoms with Gasteiger partial charge in [0.1, 0.15) is 5.69 Å². The van der Waals surface area contributed by atoms with Crippen LogP contribution in [0.4, 0.5) is 0 Å². The molecule has 1 fully saturated rings. The molecular formula is C14H21N3O3. The smallest absolute Gasteiger partial charge is 0.267 e. The first-order valence-corrected chi connectivity index (χ1v) is 6.87. The van der Waals surface area contributed by atoms with Gasteiger partial charge in [0.05, 0.1) is 13.2 Å². The molecule has 0 aromatic carbocycles. The highest BCUT2D eigenvalue weighted by molar-refractivity contribution is 5.99. The number of ketones is 1. The molecule has 20 heavy (non-hydrogen) atoms. The Bertz CT molecular complexity index is 478. The van der Waals surface area contributed by atoms with E-state index in [1.54, 1.807) is 12.3 Å². The van der Waals surface area contributed by atoms with Crippen molar-refractivity contribution in [2.75, 3.05) is 32.8 Å². The van der Waals surface area contributed by atoms with Crippen LogP contribution in [-0.4, -0.2) is 60.5 Å². The lowest BCUT2D eigenvalue weighted by Crippen LogP contribution is -2.47. The lowest BCUT2D eigenvalue weighted by atomic mass is 10.2. The van der Waals surface area contributed by atoms with E-state index in [4.69, 9.17) is 4.74 Å². The largest absolute Gasteiger partial charge is 0.379 e. The molecule has 1 amide bonds. The maximum absolute atomic E-state index is 12.0. The molecule has 1 aliphatic heterocycles. The van der Waals surface area contributed by atoms with Crippen molar-refractivity contribution in [1.82, 2.24) is 15.2 Å². The van der Waals surface area contributed by atoms with Crippen molar-refractivity contribution in [2.24, 2.45) is 0 Å². The van der Waals surface area contributed by atoms with Crippen LogP contribution < -0.4 is 5.32 Å². The van der Waals surface area contributed by atoms with Gasteiger partial charge in [-0.05, 0) is 19.9 Å². The van der Waals surface area contributed by atoms with E-state index in [0.29, 0.717) is 17.8 Å². The van der Waals surface area contributed by atoms with Crippen molar-refractivity contribution in [3.05, 3.63) is 23.5 Å². The number of hydrogen-bond donors (Lipinski definition) is 2. The molecule has 2 rings (SSSR count). The normalized spacial score (nSPS) is 17.7. The predicted molar refractivity (Wildman–Crippen MR) is 75.0 cm³/mol. The van der Waals surface area contributed by atoms with Crippen LogP contribution in [0.3, 0.4) is 0 Å². The summed E-state index contributed by atoms with van der Waals surface area (Å²) in [5.74, 6) is -0.236. The molecule has 1 aromatic rings. The quantitative estimate of drug-likeness (QED) is 0.777. The van der Waals surface area contributed by atoms with Crippen LogP contribution in [0.15, 0.2) is 12.3 Å². The fourth-order valence-electron chi connectivity index (χ4n) is 2.21. The summed E-state index contributed by atoms with van der Waals surface area (Å²) in [6.45, 7) is 7.43. The molecule has 1 aliphatic rings. The number of nitrogens with zero attached hydrogens (tertiary/aromatic N) is 1. The molecule has 1 atom stereocenters. The van der Waals surface area contributed by atoms with Crippen molar-refractivity contribution in [3.63, 3.8) is 0 Å². The van der Waals surface area contributed by atoms with Crippen LogP contribution in [0, 0.1) is 0 Å². The summed E-state index contributed by atoms with van der Waals surface area (Å²) in [4.78, 5) is 28.3. The second-order valence-corrected chi connectivity index (χ2v) is 5.07. The fraction of sp³-hybridized carbons (Fsp3) is 0.571. The number of ether oxygens (including phenoxy) is 1. The standard InChI is InChI=1S/C14H21N3O3/c1-10(17-3-5-20-6-4-17)8-16-14(19)13-7-12(9-15-13)11(2)18/h7,9-10,15H,3-6,8H2,1-2H3,(H,16,19)/t10-/m1/s1. The Morgan fingerprint density at radius 3 is 2.75 bits per heavy atom. The van der Waals surface area contributed by atoms with Crippen LogP contribution in [-0.2, 0) is 4.74 Å².